The zero-order chi connectivity index (χ0) is 21.0. The van der Waals surface area contributed by atoms with Crippen molar-refractivity contribution in [3.63, 3.8) is 0 Å². The Labute approximate surface area is 180 Å². The molecule has 0 unspecified atom stereocenters. The Hall–Kier alpha value is -2.60. The summed E-state index contributed by atoms with van der Waals surface area (Å²) in [4.78, 5) is 37.0. The number of anilines is 1. The van der Waals surface area contributed by atoms with Crippen LogP contribution in [0.2, 0.25) is 10.0 Å². The highest BCUT2D eigenvalue weighted by Gasteiger charge is 2.23. The zero-order valence-corrected chi connectivity index (χ0v) is 17.3. The molecule has 0 bridgehead atoms. The predicted octanol–water partition coefficient (Wildman–Crippen LogP) is 3.33. The number of nitriles is 1. The number of nitrogens with one attached hydrogen (secondary N) is 2. The molecule has 1 heterocycles. The topological polar surface area (TPSA) is 108 Å². The highest BCUT2D eigenvalue weighted by atomic mass is 35.5. The fraction of sp³-hybridized carbons (Fsp3) is 0.263. The third-order valence-electron chi connectivity index (χ3n) is 4.22. The number of hydrogen-bond acceptors (Lipinski definition) is 6. The molecule has 2 aromatic rings. The molecule has 0 fully saturated rings. The van der Waals surface area contributed by atoms with E-state index in [-0.39, 0.29) is 10.6 Å². The van der Waals surface area contributed by atoms with Gasteiger partial charge in [-0.1, -0.05) is 23.2 Å². The van der Waals surface area contributed by atoms with Crippen LogP contribution in [0.3, 0.4) is 0 Å². The van der Waals surface area contributed by atoms with Gasteiger partial charge in [0.05, 0.1) is 16.1 Å². The summed E-state index contributed by atoms with van der Waals surface area (Å²) in [6, 6.07) is 6.47. The van der Waals surface area contributed by atoms with Gasteiger partial charge >= 0.3 is 5.97 Å². The Bertz CT molecular complexity index is 1030. The smallest absolute Gasteiger partial charge is 0.325 e. The van der Waals surface area contributed by atoms with Crippen molar-refractivity contribution in [2.75, 3.05) is 18.5 Å². The largest absolute Gasteiger partial charge is 0.454 e. The van der Waals surface area contributed by atoms with Gasteiger partial charge in [0.25, 0.3) is 11.8 Å². The minimum absolute atomic E-state index is 0.152. The molecule has 1 aromatic heterocycles. The molecule has 0 aliphatic heterocycles. The number of hydrogen-bond donors (Lipinski definition) is 2. The molecule has 1 aliphatic carbocycles. The van der Waals surface area contributed by atoms with Crippen molar-refractivity contribution in [2.24, 2.45) is 0 Å². The summed E-state index contributed by atoms with van der Waals surface area (Å²) < 4.78 is 4.86. The maximum Gasteiger partial charge on any atom is 0.325 e. The van der Waals surface area contributed by atoms with Crippen LogP contribution in [-0.4, -0.2) is 30.9 Å². The fourth-order valence-corrected chi connectivity index (χ4v) is 4.64. The second-order valence-electron chi connectivity index (χ2n) is 6.19. The molecule has 29 heavy (non-hydrogen) atoms. The van der Waals surface area contributed by atoms with Crippen LogP contribution in [0, 0.1) is 11.3 Å². The molecule has 7 nitrogen and oxygen atoms in total. The lowest BCUT2D eigenvalue weighted by Crippen LogP contribution is -2.32. The lowest BCUT2D eigenvalue weighted by Gasteiger charge is -2.08. The Morgan fingerprint density at radius 2 is 2.03 bits per heavy atom. The van der Waals surface area contributed by atoms with Crippen molar-refractivity contribution in [3.8, 4) is 6.07 Å². The Balaban J connectivity index is 1.46. The molecular weight excluding hydrogens is 437 g/mol. The van der Waals surface area contributed by atoms with Gasteiger partial charge in [-0.2, -0.15) is 5.26 Å². The number of thiophene rings is 1. The van der Waals surface area contributed by atoms with Crippen molar-refractivity contribution in [3.05, 3.63) is 49.8 Å². The van der Waals surface area contributed by atoms with Crippen molar-refractivity contribution in [1.82, 2.24) is 5.32 Å². The van der Waals surface area contributed by atoms with E-state index in [2.05, 4.69) is 16.7 Å². The van der Waals surface area contributed by atoms with Crippen LogP contribution in [-0.2, 0) is 27.2 Å². The lowest BCUT2D eigenvalue weighted by atomic mass is 10.1. The summed E-state index contributed by atoms with van der Waals surface area (Å²) in [5.74, 6) is -1.91. The second kappa shape index (κ2) is 9.27. The molecule has 2 amide bonds. The van der Waals surface area contributed by atoms with Crippen LogP contribution in [0.4, 0.5) is 5.00 Å². The molecule has 0 saturated heterocycles. The molecule has 1 aromatic carbocycles. The molecule has 0 saturated carbocycles. The van der Waals surface area contributed by atoms with Crippen LogP contribution < -0.4 is 10.6 Å². The summed E-state index contributed by atoms with van der Waals surface area (Å²) in [7, 11) is 0. The van der Waals surface area contributed by atoms with Crippen molar-refractivity contribution >= 4 is 57.3 Å². The number of nitrogens with zero attached hydrogens (tertiary/aromatic N) is 1. The summed E-state index contributed by atoms with van der Waals surface area (Å²) in [5.41, 5.74) is 1.64. The van der Waals surface area contributed by atoms with Gasteiger partial charge in [0.2, 0.25) is 0 Å². The molecular formula is C19H15Cl2N3O4S. The number of benzene rings is 1. The van der Waals surface area contributed by atoms with Crippen LogP contribution >= 0.6 is 34.5 Å². The zero-order valence-electron chi connectivity index (χ0n) is 15.0. The third kappa shape index (κ3) is 5.07. The van der Waals surface area contributed by atoms with Gasteiger partial charge in [-0.05, 0) is 43.0 Å². The van der Waals surface area contributed by atoms with Gasteiger partial charge in [0.1, 0.15) is 17.6 Å². The van der Waals surface area contributed by atoms with E-state index in [9.17, 15) is 19.6 Å². The lowest BCUT2D eigenvalue weighted by molar-refractivity contribution is -0.146. The van der Waals surface area contributed by atoms with Gasteiger partial charge in [0, 0.05) is 9.90 Å². The number of carbonyl (C=O) groups excluding carboxylic acids is 3. The molecule has 0 atom stereocenters. The minimum atomic E-state index is -0.784. The Morgan fingerprint density at radius 3 is 2.76 bits per heavy atom. The van der Waals surface area contributed by atoms with Crippen molar-refractivity contribution in [2.45, 2.75) is 19.3 Å². The molecule has 0 spiro atoms. The van der Waals surface area contributed by atoms with Gasteiger partial charge in [-0.15, -0.1) is 11.3 Å². The monoisotopic (exact) mass is 451 g/mol. The van der Waals surface area contributed by atoms with E-state index in [1.807, 2.05) is 0 Å². The highest BCUT2D eigenvalue weighted by Crippen LogP contribution is 2.38. The van der Waals surface area contributed by atoms with E-state index >= 15 is 0 Å². The molecule has 0 radical (unpaired) electrons. The molecule has 10 heteroatoms. The fourth-order valence-electron chi connectivity index (χ4n) is 2.89. The first-order valence-corrected chi connectivity index (χ1v) is 10.2. The third-order valence-corrected chi connectivity index (χ3v) is 5.97. The van der Waals surface area contributed by atoms with Gasteiger partial charge in [-0.3, -0.25) is 14.4 Å². The first kappa shape index (κ1) is 21.1. The van der Waals surface area contributed by atoms with E-state index in [0.717, 1.165) is 29.7 Å². The number of carbonyl (C=O) groups is 3. The second-order valence-corrected chi connectivity index (χ2v) is 8.14. The number of esters is 1. The van der Waals surface area contributed by atoms with Crippen molar-refractivity contribution < 1.29 is 19.1 Å². The van der Waals surface area contributed by atoms with E-state index in [1.54, 1.807) is 0 Å². The van der Waals surface area contributed by atoms with Crippen LogP contribution in [0.1, 0.15) is 32.8 Å². The SMILES string of the molecule is N#Cc1c(NC(=O)COC(=O)CNC(=O)c2ccc(Cl)cc2Cl)sc2c1CCC2. The van der Waals surface area contributed by atoms with E-state index in [1.165, 1.54) is 29.5 Å². The Kier molecular flexibility index (Phi) is 6.75. The number of rotatable bonds is 6. The maximum absolute atomic E-state index is 12.0. The summed E-state index contributed by atoms with van der Waals surface area (Å²) in [6.07, 6.45) is 2.74. The van der Waals surface area contributed by atoms with Crippen LogP contribution in [0.5, 0.6) is 0 Å². The molecule has 1 aliphatic rings. The quantitative estimate of drug-likeness (QED) is 0.654. The molecule has 150 valence electrons. The summed E-state index contributed by atoms with van der Waals surface area (Å²) >= 11 is 13.1. The van der Waals surface area contributed by atoms with Gasteiger partial charge in [-0.25, -0.2) is 0 Å². The minimum Gasteiger partial charge on any atom is -0.454 e. The molecule has 2 N–H and O–H groups in total. The highest BCUT2D eigenvalue weighted by molar-refractivity contribution is 7.16. The summed E-state index contributed by atoms with van der Waals surface area (Å²) in [6.45, 7) is -0.953. The number of ether oxygens (including phenoxy) is 1. The maximum atomic E-state index is 12.0. The number of amides is 2. The average molecular weight is 452 g/mol. The van der Waals surface area contributed by atoms with Gasteiger partial charge < -0.3 is 15.4 Å². The van der Waals surface area contributed by atoms with Crippen molar-refractivity contribution in [1.29, 1.82) is 5.26 Å². The number of aryl methyl sites for hydroxylation is 1. The standard InChI is InChI=1S/C19H15Cl2N3O4S/c20-10-4-5-12(14(21)6-10)18(27)23-8-17(26)28-9-16(25)24-19-13(7-22)11-2-1-3-15(11)29-19/h4-6H,1-3,8-9H2,(H,23,27)(H,24,25). The van der Waals surface area contributed by atoms with E-state index < -0.39 is 30.9 Å². The van der Waals surface area contributed by atoms with Crippen LogP contribution in [0.25, 0.3) is 0 Å². The normalized spacial score (nSPS) is 12.0. The number of halogens is 2. The average Bonchev–Trinajstić information content (AvgIpc) is 3.25. The number of fused-ring (bicyclic) bond motifs is 1. The molecule has 3 rings (SSSR count). The van der Waals surface area contributed by atoms with E-state index in [4.69, 9.17) is 27.9 Å². The Morgan fingerprint density at radius 1 is 1.24 bits per heavy atom. The first-order chi connectivity index (χ1) is 13.9. The summed E-state index contributed by atoms with van der Waals surface area (Å²) in [5, 5.41) is 15.3. The predicted molar refractivity (Wildman–Crippen MR) is 109 cm³/mol. The van der Waals surface area contributed by atoms with Gasteiger partial charge in [0.15, 0.2) is 6.61 Å². The van der Waals surface area contributed by atoms with E-state index in [0.29, 0.717) is 15.6 Å². The first-order valence-electron chi connectivity index (χ1n) is 8.62. The van der Waals surface area contributed by atoms with Crippen LogP contribution in [0.15, 0.2) is 18.2 Å².